The molecule has 3 heterocycles. The molecule has 1 fully saturated rings. The molecule has 0 aliphatic carbocycles. The first kappa shape index (κ1) is 23.3. The number of hydrogen-bond acceptors (Lipinski definition) is 6. The van der Waals surface area contributed by atoms with Crippen LogP contribution in [-0.4, -0.2) is 43.6 Å². The average Bonchev–Trinajstić information content (AvgIpc) is 3.52. The summed E-state index contributed by atoms with van der Waals surface area (Å²) in [6.45, 7) is 4.69. The molecule has 0 atom stereocenters. The van der Waals surface area contributed by atoms with E-state index in [4.69, 9.17) is 16.1 Å². The summed E-state index contributed by atoms with van der Waals surface area (Å²) in [5.41, 5.74) is 2.96. The maximum absolute atomic E-state index is 12.7. The lowest BCUT2D eigenvalue weighted by Crippen LogP contribution is -2.40. The van der Waals surface area contributed by atoms with Crippen molar-refractivity contribution >= 4 is 17.5 Å². The SMILES string of the molecule is Cc1nccn1-c1ccc(CNC(=O)C2CCN(Cc3nc(-c4cccc(Cl)c4)no3)CC2)cc1. The molecule has 1 aliphatic heterocycles. The number of rotatable bonds is 7. The molecule has 0 bridgehead atoms. The molecule has 1 amide bonds. The molecule has 9 heteroatoms. The molecular formula is C26H27ClN6O2. The van der Waals surface area contributed by atoms with Crippen LogP contribution in [0.3, 0.4) is 0 Å². The lowest BCUT2D eigenvalue weighted by Gasteiger charge is -2.30. The minimum absolute atomic E-state index is 0.0174. The van der Waals surface area contributed by atoms with Gasteiger partial charge in [0, 0.05) is 41.1 Å². The Morgan fingerprint density at radius 3 is 2.69 bits per heavy atom. The van der Waals surface area contributed by atoms with Crippen LogP contribution in [0.4, 0.5) is 0 Å². The highest BCUT2D eigenvalue weighted by Gasteiger charge is 2.26. The van der Waals surface area contributed by atoms with Crippen LogP contribution in [0.15, 0.2) is 65.4 Å². The van der Waals surface area contributed by atoms with Gasteiger partial charge in [0.15, 0.2) is 0 Å². The molecule has 1 aliphatic rings. The second-order valence-corrected chi connectivity index (χ2v) is 9.24. The highest BCUT2D eigenvalue weighted by atomic mass is 35.5. The van der Waals surface area contributed by atoms with Gasteiger partial charge in [-0.2, -0.15) is 4.98 Å². The maximum atomic E-state index is 12.7. The van der Waals surface area contributed by atoms with Gasteiger partial charge < -0.3 is 14.4 Å². The zero-order valence-electron chi connectivity index (χ0n) is 19.5. The molecule has 2 aromatic carbocycles. The zero-order valence-corrected chi connectivity index (χ0v) is 20.3. The first-order valence-electron chi connectivity index (χ1n) is 11.7. The third-order valence-corrected chi connectivity index (χ3v) is 6.61. The number of piperidine rings is 1. The minimum Gasteiger partial charge on any atom is -0.352 e. The Balaban J connectivity index is 1.08. The lowest BCUT2D eigenvalue weighted by atomic mass is 9.96. The van der Waals surface area contributed by atoms with E-state index in [-0.39, 0.29) is 11.8 Å². The quantitative estimate of drug-likeness (QED) is 0.412. The number of likely N-dealkylation sites (tertiary alicyclic amines) is 1. The molecule has 180 valence electrons. The van der Waals surface area contributed by atoms with Gasteiger partial charge in [-0.15, -0.1) is 0 Å². The number of nitrogens with one attached hydrogen (secondary N) is 1. The van der Waals surface area contributed by atoms with Crippen molar-refractivity contribution in [3.05, 3.63) is 83.2 Å². The summed E-state index contributed by atoms with van der Waals surface area (Å²) in [5.74, 6) is 2.17. The van der Waals surface area contributed by atoms with Gasteiger partial charge in [0.05, 0.1) is 6.54 Å². The molecule has 0 radical (unpaired) electrons. The van der Waals surface area contributed by atoms with Gasteiger partial charge in [-0.05, 0) is 62.7 Å². The third-order valence-electron chi connectivity index (χ3n) is 6.38. The molecule has 5 rings (SSSR count). The lowest BCUT2D eigenvalue weighted by molar-refractivity contribution is -0.126. The topological polar surface area (TPSA) is 89.1 Å². The monoisotopic (exact) mass is 490 g/mol. The number of benzene rings is 2. The van der Waals surface area contributed by atoms with Gasteiger partial charge in [0.1, 0.15) is 5.82 Å². The number of amides is 1. The van der Waals surface area contributed by atoms with E-state index < -0.39 is 0 Å². The van der Waals surface area contributed by atoms with Crippen molar-refractivity contribution < 1.29 is 9.32 Å². The van der Waals surface area contributed by atoms with E-state index in [2.05, 4.69) is 25.3 Å². The molecule has 4 aromatic rings. The standard InChI is InChI=1S/C26H27ClN6O2/c1-18-28-11-14-33(18)23-7-5-19(6-8-23)16-29-26(34)20-9-12-32(13-10-20)17-24-30-25(31-35-24)21-3-2-4-22(27)15-21/h2-8,11,14-15,20H,9-10,12-13,16-17H2,1H3,(H,29,34). The summed E-state index contributed by atoms with van der Waals surface area (Å²) in [6.07, 6.45) is 5.34. The molecule has 35 heavy (non-hydrogen) atoms. The first-order valence-corrected chi connectivity index (χ1v) is 12.1. The van der Waals surface area contributed by atoms with Crippen LogP contribution in [0.5, 0.6) is 0 Å². The number of imidazole rings is 1. The van der Waals surface area contributed by atoms with Crippen LogP contribution in [0.1, 0.15) is 30.1 Å². The van der Waals surface area contributed by atoms with Crippen LogP contribution >= 0.6 is 11.6 Å². The summed E-state index contributed by atoms with van der Waals surface area (Å²) in [5, 5.41) is 7.81. The Kier molecular flexibility index (Phi) is 6.92. The van der Waals surface area contributed by atoms with Crippen molar-refractivity contribution in [2.75, 3.05) is 13.1 Å². The van der Waals surface area contributed by atoms with Gasteiger partial charge in [-0.25, -0.2) is 4.98 Å². The number of aromatic nitrogens is 4. The van der Waals surface area contributed by atoms with Crippen LogP contribution in [-0.2, 0) is 17.9 Å². The fourth-order valence-electron chi connectivity index (χ4n) is 4.37. The van der Waals surface area contributed by atoms with E-state index >= 15 is 0 Å². The zero-order chi connectivity index (χ0) is 24.2. The predicted molar refractivity (Wildman–Crippen MR) is 133 cm³/mol. The average molecular weight is 491 g/mol. The van der Waals surface area contributed by atoms with Gasteiger partial charge in [0.25, 0.3) is 0 Å². The molecule has 0 saturated carbocycles. The Labute approximate surface area is 208 Å². The summed E-state index contributed by atoms with van der Waals surface area (Å²) < 4.78 is 7.46. The molecule has 0 spiro atoms. The van der Waals surface area contributed by atoms with E-state index in [9.17, 15) is 4.79 Å². The fourth-order valence-corrected chi connectivity index (χ4v) is 4.56. The number of nitrogens with zero attached hydrogens (tertiary/aromatic N) is 5. The van der Waals surface area contributed by atoms with Gasteiger partial charge in [-0.3, -0.25) is 9.69 Å². The number of carbonyl (C=O) groups excluding carboxylic acids is 1. The smallest absolute Gasteiger partial charge is 0.241 e. The first-order chi connectivity index (χ1) is 17.0. The largest absolute Gasteiger partial charge is 0.352 e. The van der Waals surface area contributed by atoms with Crippen LogP contribution in [0, 0.1) is 12.8 Å². The fraction of sp³-hybridized carbons (Fsp3) is 0.308. The molecular weight excluding hydrogens is 464 g/mol. The third kappa shape index (κ3) is 5.61. The summed E-state index contributed by atoms with van der Waals surface area (Å²) in [7, 11) is 0. The Hall–Kier alpha value is -3.49. The van der Waals surface area contributed by atoms with E-state index in [0.717, 1.165) is 48.6 Å². The van der Waals surface area contributed by atoms with Gasteiger partial charge >= 0.3 is 0 Å². The van der Waals surface area contributed by atoms with Crippen molar-refractivity contribution in [2.24, 2.45) is 5.92 Å². The molecule has 1 saturated heterocycles. The molecule has 2 aromatic heterocycles. The van der Waals surface area contributed by atoms with Gasteiger partial charge in [-0.1, -0.05) is 41.0 Å². The van der Waals surface area contributed by atoms with Gasteiger partial charge in [0.2, 0.25) is 17.6 Å². The Morgan fingerprint density at radius 1 is 1.17 bits per heavy atom. The van der Waals surface area contributed by atoms with Crippen molar-refractivity contribution in [3.63, 3.8) is 0 Å². The highest BCUT2D eigenvalue weighted by molar-refractivity contribution is 6.30. The summed E-state index contributed by atoms with van der Waals surface area (Å²) in [4.78, 5) is 23.7. The Bertz CT molecular complexity index is 1290. The number of aryl methyl sites for hydroxylation is 1. The summed E-state index contributed by atoms with van der Waals surface area (Å²) >= 11 is 6.05. The van der Waals surface area contributed by atoms with Crippen LogP contribution in [0.2, 0.25) is 5.02 Å². The van der Waals surface area contributed by atoms with E-state index in [0.29, 0.717) is 29.8 Å². The van der Waals surface area contributed by atoms with E-state index in [1.807, 2.05) is 66.2 Å². The normalized spacial score (nSPS) is 14.8. The number of hydrogen-bond donors (Lipinski definition) is 1. The highest BCUT2D eigenvalue weighted by Crippen LogP contribution is 2.22. The molecule has 0 unspecified atom stereocenters. The van der Waals surface area contributed by atoms with Crippen molar-refractivity contribution in [1.82, 2.24) is 29.9 Å². The summed E-state index contributed by atoms with van der Waals surface area (Å²) in [6, 6.07) is 15.6. The second kappa shape index (κ2) is 10.4. The van der Waals surface area contributed by atoms with E-state index in [1.54, 1.807) is 6.20 Å². The Morgan fingerprint density at radius 2 is 1.97 bits per heavy atom. The van der Waals surface area contributed by atoms with Crippen LogP contribution < -0.4 is 5.32 Å². The van der Waals surface area contributed by atoms with Crippen molar-refractivity contribution in [1.29, 1.82) is 0 Å². The number of carbonyl (C=O) groups is 1. The molecule has 8 nitrogen and oxygen atoms in total. The number of halogens is 1. The van der Waals surface area contributed by atoms with Crippen molar-refractivity contribution in [3.8, 4) is 17.1 Å². The minimum atomic E-state index is 0.0174. The second-order valence-electron chi connectivity index (χ2n) is 8.80. The van der Waals surface area contributed by atoms with Crippen LogP contribution in [0.25, 0.3) is 17.1 Å². The van der Waals surface area contributed by atoms with E-state index in [1.165, 1.54) is 0 Å². The molecule has 1 N–H and O–H groups in total. The predicted octanol–water partition coefficient (Wildman–Crippen LogP) is 4.41. The maximum Gasteiger partial charge on any atom is 0.241 e. The van der Waals surface area contributed by atoms with Crippen molar-refractivity contribution in [2.45, 2.75) is 32.9 Å².